The van der Waals surface area contributed by atoms with Gasteiger partial charge < -0.3 is 4.90 Å². The van der Waals surface area contributed by atoms with Gasteiger partial charge in [-0.15, -0.1) is 0 Å². The third kappa shape index (κ3) is 3.28. The Bertz CT molecular complexity index is 965. The van der Waals surface area contributed by atoms with E-state index in [4.69, 9.17) is 0 Å². The maximum atomic E-state index is 13.2. The molecule has 1 fully saturated rings. The van der Waals surface area contributed by atoms with E-state index in [1.54, 1.807) is 23.1 Å². The van der Waals surface area contributed by atoms with E-state index in [0.717, 1.165) is 36.9 Å². The van der Waals surface area contributed by atoms with E-state index in [1.165, 1.54) is 10.4 Å². The lowest BCUT2D eigenvalue weighted by atomic mass is 10.1. The van der Waals surface area contributed by atoms with Gasteiger partial charge in [-0.2, -0.15) is 4.31 Å². The van der Waals surface area contributed by atoms with Gasteiger partial charge in [0.25, 0.3) is 5.91 Å². The van der Waals surface area contributed by atoms with Crippen LogP contribution >= 0.6 is 0 Å². The molecule has 2 aliphatic rings. The fourth-order valence-corrected chi connectivity index (χ4v) is 5.62. The smallest absolute Gasteiger partial charge is 0.258 e. The highest BCUT2D eigenvalue weighted by Crippen LogP contribution is 2.33. The number of anilines is 1. The molecule has 1 amide bonds. The van der Waals surface area contributed by atoms with Crippen LogP contribution in [-0.2, 0) is 16.4 Å². The van der Waals surface area contributed by atoms with E-state index in [9.17, 15) is 13.2 Å². The highest BCUT2D eigenvalue weighted by atomic mass is 32.2. The topological polar surface area (TPSA) is 57.7 Å². The highest BCUT2D eigenvalue weighted by molar-refractivity contribution is 7.89. The van der Waals surface area contributed by atoms with Crippen molar-refractivity contribution < 1.29 is 13.2 Å². The summed E-state index contributed by atoms with van der Waals surface area (Å²) in [6, 6.07) is 14.4. The molecule has 142 valence electrons. The van der Waals surface area contributed by atoms with E-state index in [1.807, 2.05) is 31.2 Å². The zero-order valence-corrected chi connectivity index (χ0v) is 16.3. The first kappa shape index (κ1) is 18.2. The van der Waals surface area contributed by atoms with Crippen molar-refractivity contribution in [3.63, 3.8) is 0 Å². The van der Waals surface area contributed by atoms with Crippen LogP contribution in [0.25, 0.3) is 0 Å². The number of rotatable bonds is 3. The minimum Gasteiger partial charge on any atom is -0.305 e. The van der Waals surface area contributed by atoms with Gasteiger partial charge in [-0.25, -0.2) is 8.42 Å². The van der Waals surface area contributed by atoms with Crippen molar-refractivity contribution in [1.82, 2.24) is 4.31 Å². The Hall–Kier alpha value is -2.18. The molecule has 2 aromatic rings. The van der Waals surface area contributed by atoms with Crippen LogP contribution in [-0.4, -0.2) is 37.8 Å². The number of fused-ring (bicyclic) bond motifs is 1. The fourth-order valence-electron chi connectivity index (χ4n) is 4.06. The third-order valence-corrected chi connectivity index (χ3v) is 7.35. The van der Waals surface area contributed by atoms with Gasteiger partial charge in [0.05, 0.1) is 4.90 Å². The van der Waals surface area contributed by atoms with E-state index in [0.29, 0.717) is 18.7 Å². The number of carbonyl (C=O) groups excluding carboxylic acids is 1. The first-order valence-corrected chi connectivity index (χ1v) is 10.9. The average molecular weight is 385 g/mol. The molecule has 27 heavy (non-hydrogen) atoms. The van der Waals surface area contributed by atoms with Gasteiger partial charge in [0.15, 0.2) is 0 Å². The van der Waals surface area contributed by atoms with Gasteiger partial charge in [0.1, 0.15) is 0 Å². The second kappa shape index (κ2) is 7.09. The molecule has 1 atom stereocenters. The first-order chi connectivity index (χ1) is 13.0. The number of piperidine rings is 1. The van der Waals surface area contributed by atoms with Crippen molar-refractivity contribution in [2.75, 3.05) is 18.0 Å². The average Bonchev–Trinajstić information content (AvgIpc) is 3.04. The van der Waals surface area contributed by atoms with Gasteiger partial charge in [0, 0.05) is 30.4 Å². The van der Waals surface area contributed by atoms with Crippen molar-refractivity contribution in [3.05, 3.63) is 59.7 Å². The molecule has 0 aromatic heterocycles. The summed E-state index contributed by atoms with van der Waals surface area (Å²) >= 11 is 0. The van der Waals surface area contributed by atoms with Crippen molar-refractivity contribution in [3.8, 4) is 0 Å². The lowest BCUT2D eigenvalue weighted by Crippen LogP contribution is -2.37. The van der Waals surface area contributed by atoms with Gasteiger partial charge in [-0.1, -0.05) is 30.7 Å². The van der Waals surface area contributed by atoms with Crippen LogP contribution in [0.15, 0.2) is 53.4 Å². The number of benzene rings is 2. The Kier molecular flexibility index (Phi) is 4.78. The summed E-state index contributed by atoms with van der Waals surface area (Å²) in [7, 11) is -3.55. The maximum Gasteiger partial charge on any atom is 0.258 e. The largest absolute Gasteiger partial charge is 0.305 e. The van der Waals surface area contributed by atoms with E-state index in [2.05, 4.69) is 0 Å². The molecule has 0 N–H and O–H groups in total. The first-order valence-electron chi connectivity index (χ1n) is 9.50. The Balaban J connectivity index is 1.66. The molecule has 2 heterocycles. The summed E-state index contributed by atoms with van der Waals surface area (Å²) in [5, 5.41) is 0. The summed E-state index contributed by atoms with van der Waals surface area (Å²) in [5.74, 6) is -0.150. The standard InChI is InChI=1S/C21H24N2O3S/c1-16-14-17-8-3-4-11-20(17)23(16)21(24)18-9-7-10-19(15-18)27(25,26)22-12-5-2-6-13-22/h3-4,7-11,15-16H,2,5-6,12-14H2,1H3/t16-/m0/s1. The number of amides is 1. The third-order valence-electron chi connectivity index (χ3n) is 5.46. The fraction of sp³-hybridized carbons (Fsp3) is 0.381. The zero-order chi connectivity index (χ0) is 19.0. The molecule has 0 aliphatic carbocycles. The number of hydrogen-bond acceptors (Lipinski definition) is 3. The Morgan fingerprint density at radius 3 is 2.52 bits per heavy atom. The Morgan fingerprint density at radius 2 is 1.74 bits per heavy atom. The summed E-state index contributed by atoms with van der Waals surface area (Å²) < 4.78 is 27.4. The molecule has 0 saturated carbocycles. The van der Waals surface area contributed by atoms with E-state index < -0.39 is 10.0 Å². The van der Waals surface area contributed by atoms with Crippen LogP contribution in [0.1, 0.15) is 42.1 Å². The maximum absolute atomic E-state index is 13.2. The quantitative estimate of drug-likeness (QED) is 0.814. The van der Waals surface area contributed by atoms with Crippen molar-refractivity contribution in [2.24, 2.45) is 0 Å². The number of sulfonamides is 1. The normalized spacial score (nSPS) is 20.5. The molecule has 0 unspecified atom stereocenters. The molecule has 2 aromatic carbocycles. The van der Waals surface area contributed by atoms with Gasteiger partial charge in [0.2, 0.25) is 10.0 Å². The minimum atomic E-state index is -3.55. The van der Waals surface area contributed by atoms with Crippen LogP contribution in [0.4, 0.5) is 5.69 Å². The molecular formula is C21H24N2O3S. The summed E-state index contributed by atoms with van der Waals surface area (Å²) in [5.41, 5.74) is 2.48. The Morgan fingerprint density at radius 1 is 1.00 bits per heavy atom. The second-order valence-corrected chi connectivity index (χ2v) is 9.29. The number of nitrogens with zero attached hydrogens (tertiary/aromatic N) is 2. The van der Waals surface area contributed by atoms with Gasteiger partial charge in [-0.05, 0) is 56.0 Å². The molecule has 4 rings (SSSR count). The summed E-state index contributed by atoms with van der Waals surface area (Å²) in [6.07, 6.45) is 3.66. The van der Waals surface area contributed by atoms with Crippen LogP contribution in [0.5, 0.6) is 0 Å². The SMILES string of the molecule is C[C@H]1Cc2ccccc2N1C(=O)c1cccc(S(=O)(=O)N2CCCCC2)c1. The number of para-hydroxylation sites is 1. The van der Waals surface area contributed by atoms with Crippen LogP contribution in [0, 0.1) is 0 Å². The lowest BCUT2D eigenvalue weighted by molar-refractivity contribution is 0.0981. The molecule has 2 aliphatic heterocycles. The van der Waals surface area contributed by atoms with Crippen molar-refractivity contribution >= 4 is 21.6 Å². The molecule has 0 bridgehead atoms. The van der Waals surface area contributed by atoms with Crippen LogP contribution in [0.3, 0.4) is 0 Å². The molecular weight excluding hydrogens is 360 g/mol. The lowest BCUT2D eigenvalue weighted by Gasteiger charge is -2.26. The van der Waals surface area contributed by atoms with Crippen LogP contribution < -0.4 is 4.90 Å². The van der Waals surface area contributed by atoms with E-state index >= 15 is 0 Å². The molecule has 6 heteroatoms. The molecule has 0 radical (unpaired) electrons. The van der Waals surface area contributed by atoms with Crippen LogP contribution in [0.2, 0.25) is 0 Å². The van der Waals surface area contributed by atoms with Crippen molar-refractivity contribution in [2.45, 2.75) is 43.5 Å². The predicted octanol–water partition coefficient (Wildman–Crippen LogP) is 3.45. The number of carbonyl (C=O) groups is 1. The predicted molar refractivity (Wildman–Crippen MR) is 105 cm³/mol. The van der Waals surface area contributed by atoms with Crippen molar-refractivity contribution in [1.29, 1.82) is 0 Å². The zero-order valence-electron chi connectivity index (χ0n) is 15.5. The highest BCUT2D eigenvalue weighted by Gasteiger charge is 2.32. The second-order valence-electron chi connectivity index (χ2n) is 7.35. The summed E-state index contributed by atoms with van der Waals surface area (Å²) in [4.78, 5) is 15.2. The molecule has 1 saturated heterocycles. The molecule has 0 spiro atoms. The Labute approximate surface area is 160 Å². The van der Waals surface area contributed by atoms with Gasteiger partial charge >= 0.3 is 0 Å². The van der Waals surface area contributed by atoms with Gasteiger partial charge in [-0.3, -0.25) is 4.79 Å². The van der Waals surface area contributed by atoms with E-state index in [-0.39, 0.29) is 16.8 Å². The summed E-state index contributed by atoms with van der Waals surface area (Å²) in [6.45, 7) is 3.13. The monoisotopic (exact) mass is 384 g/mol. The molecule has 5 nitrogen and oxygen atoms in total. The number of hydrogen-bond donors (Lipinski definition) is 0. The minimum absolute atomic E-state index is 0.0530.